The fourth-order valence-corrected chi connectivity index (χ4v) is 3.16. The van der Waals surface area contributed by atoms with Gasteiger partial charge in [-0.05, 0) is 25.1 Å². The molecule has 2 aromatic rings. The Labute approximate surface area is 150 Å². The van der Waals surface area contributed by atoms with Gasteiger partial charge in [0.2, 0.25) is 0 Å². The largest absolute Gasteiger partial charge is 0.331 e. The number of carbonyl (C=O) groups is 1. The minimum atomic E-state index is -4.08. The van der Waals surface area contributed by atoms with Crippen molar-refractivity contribution in [2.24, 2.45) is 0 Å². The molecule has 0 spiro atoms. The van der Waals surface area contributed by atoms with E-state index in [9.17, 15) is 23.3 Å². The highest BCUT2D eigenvalue weighted by Crippen LogP contribution is 2.27. The maximum absolute atomic E-state index is 12.6. The molecule has 138 valence electrons. The van der Waals surface area contributed by atoms with Gasteiger partial charge in [0, 0.05) is 25.7 Å². The van der Waals surface area contributed by atoms with Gasteiger partial charge in [0.05, 0.1) is 21.2 Å². The molecule has 0 unspecified atom stereocenters. The quantitative estimate of drug-likeness (QED) is 0.612. The number of nitro benzene ring substituents is 1. The van der Waals surface area contributed by atoms with Gasteiger partial charge in [-0.3, -0.25) is 14.8 Å². The van der Waals surface area contributed by atoms with Crippen molar-refractivity contribution in [2.45, 2.75) is 11.8 Å². The van der Waals surface area contributed by atoms with E-state index in [4.69, 9.17) is 0 Å². The minimum absolute atomic E-state index is 0.144. The van der Waals surface area contributed by atoms with E-state index >= 15 is 0 Å². The van der Waals surface area contributed by atoms with Crippen LogP contribution in [0.4, 0.5) is 21.9 Å². The van der Waals surface area contributed by atoms with Crippen LogP contribution in [0.15, 0.2) is 47.4 Å². The lowest BCUT2D eigenvalue weighted by molar-refractivity contribution is -0.385. The molecule has 9 nitrogen and oxygen atoms in total. The molecule has 0 atom stereocenters. The zero-order valence-corrected chi connectivity index (χ0v) is 15.2. The molecule has 0 radical (unpaired) electrons. The first-order chi connectivity index (χ1) is 12.1. The molecule has 2 aromatic carbocycles. The summed E-state index contributed by atoms with van der Waals surface area (Å²) in [6.07, 6.45) is 0. The highest BCUT2D eigenvalue weighted by molar-refractivity contribution is 7.92. The zero-order valence-electron chi connectivity index (χ0n) is 14.4. The van der Waals surface area contributed by atoms with Gasteiger partial charge in [-0.2, -0.15) is 0 Å². The molecule has 0 saturated heterocycles. The van der Waals surface area contributed by atoms with Gasteiger partial charge in [-0.15, -0.1) is 0 Å². The molecule has 0 aromatic heterocycles. The summed E-state index contributed by atoms with van der Waals surface area (Å²) in [6, 6.07) is 9.47. The number of urea groups is 1. The number of sulfonamides is 1. The Kier molecular flexibility index (Phi) is 5.46. The van der Waals surface area contributed by atoms with Gasteiger partial charge in [0.1, 0.15) is 0 Å². The number of carbonyl (C=O) groups excluding carboxylic acids is 1. The summed E-state index contributed by atoms with van der Waals surface area (Å²) < 4.78 is 27.6. The maximum atomic E-state index is 12.6. The van der Waals surface area contributed by atoms with E-state index in [1.165, 1.54) is 36.1 Å². The molecule has 0 aliphatic heterocycles. The lowest BCUT2D eigenvalue weighted by atomic mass is 10.2. The third-order valence-corrected chi connectivity index (χ3v) is 4.87. The summed E-state index contributed by atoms with van der Waals surface area (Å²) in [5, 5.41) is 13.6. The highest BCUT2D eigenvalue weighted by Gasteiger charge is 2.21. The highest BCUT2D eigenvalue weighted by atomic mass is 32.2. The van der Waals surface area contributed by atoms with Crippen LogP contribution < -0.4 is 10.0 Å². The second-order valence-corrected chi connectivity index (χ2v) is 7.36. The fraction of sp³-hybridized carbons (Fsp3) is 0.188. The first-order valence-corrected chi connectivity index (χ1v) is 8.95. The topological polar surface area (TPSA) is 122 Å². The summed E-state index contributed by atoms with van der Waals surface area (Å²) in [4.78, 5) is 23.3. The van der Waals surface area contributed by atoms with Crippen molar-refractivity contribution >= 4 is 33.1 Å². The molecule has 2 N–H and O–H groups in total. The van der Waals surface area contributed by atoms with Crippen LogP contribution in [-0.4, -0.2) is 38.4 Å². The SMILES string of the molecule is Cc1ccc(S(=O)(=O)Nc2ccccc2NC(=O)N(C)C)cc1[N+](=O)[O-]. The van der Waals surface area contributed by atoms with Gasteiger partial charge >= 0.3 is 6.03 Å². The Bertz CT molecular complexity index is 957. The van der Waals surface area contributed by atoms with Gasteiger partial charge in [0.25, 0.3) is 15.7 Å². The smallest absolute Gasteiger partial charge is 0.321 e. The zero-order chi connectivity index (χ0) is 19.5. The Hall–Kier alpha value is -3.14. The Balaban J connectivity index is 2.38. The van der Waals surface area contributed by atoms with Gasteiger partial charge in [-0.1, -0.05) is 18.2 Å². The average molecular weight is 378 g/mol. The first-order valence-electron chi connectivity index (χ1n) is 7.47. The third-order valence-electron chi connectivity index (χ3n) is 3.51. The predicted molar refractivity (Wildman–Crippen MR) is 97.8 cm³/mol. The van der Waals surface area contributed by atoms with Crippen molar-refractivity contribution in [3.05, 3.63) is 58.1 Å². The van der Waals surface area contributed by atoms with Crippen LogP contribution in [0.3, 0.4) is 0 Å². The number of aryl methyl sites for hydroxylation is 1. The number of para-hydroxylation sites is 2. The molecule has 0 aliphatic rings. The normalized spacial score (nSPS) is 10.9. The molecule has 0 saturated carbocycles. The molecule has 0 bridgehead atoms. The van der Waals surface area contributed by atoms with Crippen molar-refractivity contribution < 1.29 is 18.1 Å². The van der Waals surface area contributed by atoms with Crippen molar-refractivity contribution in [3.8, 4) is 0 Å². The summed E-state index contributed by atoms with van der Waals surface area (Å²) >= 11 is 0. The van der Waals surface area contributed by atoms with Crippen LogP contribution in [0.5, 0.6) is 0 Å². The molecule has 10 heteroatoms. The second kappa shape index (κ2) is 7.40. The number of anilines is 2. The van der Waals surface area contributed by atoms with Crippen LogP contribution >= 0.6 is 0 Å². The predicted octanol–water partition coefficient (Wildman–Crippen LogP) is 2.80. The molecule has 0 heterocycles. The molecular weight excluding hydrogens is 360 g/mol. The molecule has 26 heavy (non-hydrogen) atoms. The van der Waals surface area contributed by atoms with E-state index in [0.29, 0.717) is 5.56 Å². The number of nitrogens with zero attached hydrogens (tertiary/aromatic N) is 2. The molecule has 0 fully saturated rings. The summed E-state index contributed by atoms with van der Waals surface area (Å²) in [5.41, 5.74) is 0.469. The van der Waals surface area contributed by atoms with Gasteiger partial charge in [-0.25, -0.2) is 13.2 Å². The molecule has 0 aliphatic carbocycles. The van der Waals surface area contributed by atoms with E-state index in [2.05, 4.69) is 10.0 Å². The number of nitrogens with one attached hydrogen (secondary N) is 2. The average Bonchev–Trinajstić information content (AvgIpc) is 2.56. The van der Waals surface area contributed by atoms with E-state index in [1.54, 1.807) is 26.2 Å². The third kappa shape index (κ3) is 4.28. The van der Waals surface area contributed by atoms with Crippen molar-refractivity contribution in [1.29, 1.82) is 0 Å². The number of rotatable bonds is 5. The summed E-state index contributed by atoms with van der Waals surface area (Å²) in [7, 11) is -0.986. The summed E-state index contributed by atoms with van der Waals surface area (Å²) in [5.74, 6) is 0. The lowest BCUT2D eigenvalue weighted by Crippen LogP contribution is -2.28. The number of amides is 2. The van der Waals surface area contributed by atoms with Crippen LogP contribution in [0.1, 0.15) is 5.56 Å². The van der Waals surface area contributed by atoms with Crippen molar-refractivity contribution in [2.75, 3.05) is 24.1 Å². The Morgan fingerprint density at radius 1 is 1.12 bits per heavy atom. The Morgan fingerprint density at radius 3 is 2.31 bits per heavy atom. The standard InChI is InChI=1S/C16H18N4O5S/c1-11-8-9-12(10-15(11)20(22)23)26(24,25)18-14-7-5-4-6-13(14)17-16(21)19(2)3/h4-10,18H,1-3H3,(H,17,21). The van der Waals surface area contributed by atoms with E-state index in [-0.39, 0.29) is 22.0 Å². The number of hydrogen-bond donors (Lipinski definition) is 2. The van der Waals surface area contributed by atoms with E-state index in [1.807, 2.05) is 0 Å². The first kappa shape index (κ1) is 19.2. The Morgan fingerprint density at radius 2 is 1.73 bits per heavy atom. The number of hydrogen-bond acceptors (Lipinski definition) is 5. The van der Waals surface area contributed by atoms with E-state index < -0.39 is 21.0 Å². The van der Waals surface area contributed by atoms with E-state index in [0.717, 1.165) is 6.07 Å². The van der Waals surface area contributed by atoms with Gasteiger partial charge in [0.15, 0.2) is 0 Å². The number of nitro groups is 1. The van der Waals surface area contributed by atoms with Gasteiger partial charge < -0.3 is 10.2 Å². The fourth-order valence-electron chi connectivity index (χ4n) is 2.06. The maximum Gasteiger partial charge on any atom is 0.321 e. The van der Waals surface area contributed by atoms with Crippen LogP contribution in [-0.2, 0) is 10.0 Å². The monoisotopic (exact) mass is 378 g/mol. The molecule has 2 rings (SSSR count). The van der Waals surface area contributed by atoms with Crippen molar-refractivity contribution in [1.82, 2.24) is 4.90 Å². The van der Waals surface area contributed by atoms with Crippen LogP contribution in [0.25, 0.3) is 0 Å². The summed E-state index contributed by atoms with van der Waals surface area (Å²) in [6.45, 7) is 1.52. The van der Waals surface area contributed by atoms with Crippen LogP contribution in [0.2, 0.25) is 0 Å². The molecular formula is C16H18N4O5S. The van der Waals surface area contributed by atoms with Crippen molar-refractivity contribution in [3.63, 3.8) is 0 Å². The van der Waals surface area contributed by atoms with Crippen LogP contribution in [0, 0.1) is 17.0 Å². The minimum Gasteiger partial charge on any atom is -0.331 e. The lowest BCUT2D eigenvalue weighted by Gasteiger charge is -2.16. The second-order valence-electron chi connectivity index (χ2n) is 5.68. The number of benzene rings is 2. The molecule has 2 amide bonds.